The van der Waals surface area contributed by atoms with Gasteiger partial charge in [-0.3, -0.25) is 0 Å². The molecular weight excluding hydrogens is 212 g/mol. The van der Waals surface area contributed by atoms with E-state index in [0.29, 0.717) is 0 Å². The second kappa shape index (κ2) is 6.22. The number of azo groups is 2. The summed E-state index contributed by atoms with van der Waals surface area (Å²) in [6, 6.07) is 0.395. The van der Waals surface area contributed by atoms with Crippen LogP contribution in [0, 0.1) is 0 Å². The summed E-state index contributed by atoms with van der Waals surface area (Å²) in [6.45, 7) is 16.4. The van der Waals surface area contributed by atoms with Gasteiger partial charge in [-0.2, -0.15) is 20.5 Å². The van der Waals surface area contributed by atoms with Gasteiger partial charge < -0.3 is 0 Å². The van der Waals surface area contributed by atoms with Gasteiger partial charge in [-0.1, -0.05) is 0 Å². The van der Waals surface area contributed by atoms with E-state index in [2.05, 4.69) is 34.3 Å². The van der Waals surface area contributed by atoms with Crippen LogP contribution in [0.2, 0.25) is 0 Å². The molecule has 0 spiro atoms. The molecule has 2 atom stereocenters. The standard InChI is InChI=1S/C13H28N4/c1-10(14-16-12(3,4)5)9-11(2)15-17-13(6,7)8/h10-11H,9H2,1-8H3. The maximum absolute atomic E-state index is 4.30. The molecule has 0 aliphatic rings. The van der Waals surface area contributed by atoms with Crippen LogP contribution >= 0.6 is 0 Å². The molecule has 0 heterocycles. The predicted molar refractivity (Wildman–Crippen MR) is 72.8 cm³/mol. The summed E-state index contributed by atoms with van der Waals surface area (Å²) in [7, 11) is 0. The van der Waals surface area contributed by atoms with E-state index < -0.39 is 0 Å². The van der Waals surface area contributed by atoms with Crippen LogP contribution in [0.5, 0.6) is 0 Å². The van der Waals surface area contributed by atoms with Gasteiger partial charge in [0.1, 0.15) is 0 Å². The van der Waals surface area contributed by atoms with E-state index in [1.165, 1.54) is 0 Å². The van der Waals surface area contributed by atoms with E-state index in [4.69, 9.17) is 0 Å². The Labute approximate surface area is 106 Å². The van der Waals surface area contributed by atoms with E-state index in [1.807, 2.05) is 41.5 Å². The van der Waals surface area contributed by atoms with Crippen LogP contribution < -0.4 is 0 Å². The molecule has 0 aliphatic carbocycles. The lowest BCUT2D eigenvalue weighted by Gasteiger charge is -2.14. The maximum Gasteiger partial charge on any atom is 0.0732 e. The average molecular weight is 240 g/mol. The van der Waals surface area contributed by atoms with Crippen molar-refractivity contribution in [2.75, 3.05) is 0 Å². The zero-order valence-corrected chi connectivity index (χ0v) is 12.7. The highest BCUT2D eigenvalue weighted by molar-refractivity contribution is 4.73. The topological polar surface area (TPSA) is 49.4 Å². The lowest BCUT2D eigenvalue weighted by atomic mass is 10.1. The van der Waals surface area contributed by atoms with Crippen molar-refractivity contribution in [2.45, 2.75) is 85.0 Å². The van der Waals surface area contributed by atoms with Crippen molar-refractivity contribution in [3.05, 3.63) is 0 Å². The Bertz CT molecular complexity index is 240. The van der Waals surface area contributed by atoms with E-state index in [9.17, 15) is 0 Å². The van der Waals surface area contributed by atoms with Gasteiger partial charge in [0.05, 0.1) is 23.2 Å². The first kappa shape index (κ1) is 16.2. The smallest absolute Gasteiger partial charge is 0.0732 e. The van der Waals surface area contributed by atoms with Crippen molar-refractivity contribution in [3.8, 4) is 0 Å². The van der Waals surface area contributed by atoms with Gasteiger partial charge in [0.25, 0.3) is 0 Å². The molecule has 17 heavy (non-hydrogen) atoms. The molecule has 100 valence electrons. The molecule has 0 aliphatic heterocycles. The minimum Gasteiger partial charge on any atom is -0.190 e. The number of hydrogen-bond donors (Lipinski definition) is 0. The van der Waals surface area contributed by atoms with Crippen molar-refractivity contribution in [3.63, 3.8) is 0 Å². The fourth-order valence-electron chi connectivity index (χ4n) is 1.13. The summed E-state index contributed by atoms with van der Waals surface area (Å²) in [6.07, 6.45) is 0.888. The molecular formula is C13H28N4. The third-order valence-electron chi connectivity index (χ3n) is 1.79. The largest absolute Gasteiger partial charge is 0.190 e. The van der Waals surface area contributed by atoms with Gasteiger partial charge >= 0.3 is 0 Å². The molecule has 0 saturated carbocycles. The van der Waals surface area contributed by atoms with Gasteiger partial charge in [0.15, 0.2) is 0 Å². The predicted octanol–water partition coefficient (Wildman–Crippen LogP) is 4.65. The van der Waals surface area contributed by atoms with Crippen molar-refractivity contribution in [2.24, 2.45) is 20.5 Å². The van der Waals surface area contributed by atoms with Crippen LogP contribution in [0.15, 0.2) is 20.5 Å². The first-order valence-electron chi connectivity index (χ1n) is 6.33. The van der Waals surface area contributed by atoms with E-state index in [-0.39, 0.29) is 23.2 Å². The molecule has 4 nitrogen and oxygen atoms in total. The first-order chi connectivity index (χ1) is 7.49. The second-order valence-electron chi connectivity index (χ2n) is 6.71. The first-order valence-corrected chi connectivity index (χ1v) is 6.33. The Morgan fingerprint density at radius 1 is 0.706 bits per heavy atom. The Balaban J connectivity index is 4.18. The lowest BCUT2D eigenvalue weighted by molar-refractivity contribution is 0.465. The minimum absolute atomic E-state index is 0.0928. The maximum atomic E-state index is 4.30. The quantitative estimate of drug-likeness (QED) is 0.642. The molecule has 4 heteroatoms. The molecule has 0 N–H and O–H groups in total. The second-order valence-corrected chi connectivity index (χ2v) is 6.71. The average Bonchev–Trinajstić information content (AvgIpc) is 2.09. The molecule has 0 aromatic carbocycles. The number of hydrogen-bond acceptors (Lipinski definition) is 4. The van der Waals surface area contributed by atoms with Crippen molar-refractivity contribution in [1.29, 1.82) is 0 Å². The van der Waals surface area contributed by atoms with Gasteiger partial charge in [-0.05, 0) is 61.8 Å². The number of nitrogens with zero attached hydrogens (tertiary/aromatic N) is 4. The van der Waals surface area contributed by atoms with E-state index in [0.717, 1.165) is 6.42 Å². The van der Waals surface area contributed by atoms with Gasteiger partial charge in [-0.25, -0.2) is 0 Å². The van der Waals surface area contributed by atoms with Crippen LogP contribution in [0.4, 0.5) is 0 Å². The Hall–Kier alpha value is -0.800. The zero-order chi connectivity index (χ0) is 13.7. The Morgan fingerprint density at radius 2 is 1.00 bits per heavy atom. The summed E-state index contributed by atoms with van der Waals surface area (Å²) in [5.41, 5.74) is -0.186. The third-order valence-corrected chi connectivity index (χ3v) is 1.79. The molecule has 0 rings (SSSR count). The van der Waals surface area contributed by atoms with E-state index in [1.54, 1.807) is 0 Å². The molecule has 0 aromatic heterocycles. The van der Waals surface area contributed by atoms with Crippen LogP contribution in [-0.2, 0) is 0 Å². The lowest BCUT2D eigenvalue weighted by Crippen LogP contribution is -2.14. The zero-order valence-electron chi connectivity index (χ0n) is 12.7. The Morgan fingerprint density at radius 3 is 1.24 bits per heavy atom. The summed E-state index contributed by atoms with van der Waals surface area (Å²) in [5, 5.41) is 17.1. The van der Waals surface area contributed by atoms with Crippen LogP contribution in [0.3, 0.4) is 0 Å². The summed E-state index contributed by atoms with van der Waals surface area (Å²) in [5.74, 6) is 0. The van der Waals surface area contributed by atoms with E-state index >= 15 is 0 Å². The fourth-order valence-corrected chi connectivity index (χ4v) is 1.13. The monoisotopic (exact) mass is 240 g/mol. The van der Waals surface area contributed by atoms with Crippen LogP contribution in [0.25, 0.3) is 0 Å². The summed E-state index contributed by atoms with van der Waals surface area (Å²) in [4.78, 5) is 0. The van der Waals surface area contributed by atoms with Gasteiger partial charge in [-0.15, -0.1) is 0 Å². The Kier molecular flexibility index (Phi) is 5.93. The van der Waals surface area contributed by atoms with Crippen molar-refractivity contribution >= 4 is 0 Å². The van der Waals surface area contributed by atoms with Gasteiger partial charge in [0, 0.05) is 0 Å². The third kappa shape index (κ3) is 11.5. The fraction of sp³-hybridized carbons (Fsp3) is 1.00. The summed E-state index contributed by atoms with van der Waals surface area (Å²) >= 11 is 0. The molecule has 0 fully saturated rings. The molecule has 0 aromatic rings. The number of rotatable bonds is 4. The minimum atomic E-state index is -0.0928. The molecule has 0 bridgehead atoms. The normalized spacial score (nSPS) is 17.9. The summed E-state index contributed by atoms with van der Waals surface area (Å²) < 4.78 is 0. The molecule has 2 unspecified atom stereocenters. The SMILES string of the molecule is CC(CC(C)N=NC(C)(C)C)N=NC(C)(C)C. The highest BCUT2D eigenvalue weighted by Crippen LogP contribution is 2.14. The van der Waals surface area contributed by atoms with Crippen LogP contribution in [0.1, 0.15) is 61.8 Å². The highest BCUT2D eigenvalue weighted by atomic mass is 15.2. The highest BCUT2D eigenvalue weighted by Gasteiger charge is 2.12. The van der Waals surface area contributed by atoms with Crippen molar-refractivity contribution in [1.82, 2.24) is 0 Å². The molecule has 0 amide bonds. The van der Waals surface area contributed by atoms with Crippen LogP contribution in [-0.4, -0.2) is 23.2 Å². The van der Waals surface area contributed by atoms with Crippen molar-refractivity contribution < 1.29 is 0 Å². The van der Waals surface area contributed by atoms with Gasteiger partial charge in [0.2, 0.25) is 0 Å². The molecule has 0 saturated heterocycles. The molecule has 0 radical (unpaired) electrons.